The van der Waals surface area contributed by atoms with E-state index in [1.54, 1.807) is 24.2 Å². The second kappa shape index (κ2) is 7.21. The van der Waals surface area contributed by atoms with Gasteiger partial charge in [0.25, 0.3) is 0 Å². The highest BCUT2D eigenvalue weighted by atomic mass is 16.5. The Kier molecular flexibility index (Phi) is 4.75. The maximum absolute atomic E-state index is 5.73. The molecule has 0 saturated carbocycles. The van der Waals surface area contributed by atoms with E-state index in [4.69, 9.17) is 14.7 Å². The molecular formula is C19H25N7O. The van der Waals surface area contributed by atoms with Crippen molar-refractivity contribution in [3.05, 3.63) is 30.7 Å². The molecule has 0 amide bonds. The van der Waals surface area contributed by atoms with E-state index in [1.807, 2.05) is 25.4 Å². The van der Waals surface area contributed by atoms with Crippen molar-refractivity contribution in [2.24, 2.45) is 7.05 Å². The van der Waals surface area contributed by atoms with E-state index in [0.29, 0.717) is 11.9 Å². The van der Waals surface area contributed by atoms with Crippen molar-refractivity contribution in [3.63, 3.8) is 0 Å². The Morgan fingerprint density at radius 3 is 2.67 bits per heavy atom. The second-order valence-electron chi connectivity index (χ2n) is 7.21. The molecule has 2 atom stereocenters. The molecule has 3 aromatic heterocycles. The lowest BCUT2D eigenvalue weighted by Gasteiger charge is -2.20. The van der Waals surface area contributed by atoms with Gasteiger partial charge in [-0.1, -0.05) is 0 Å². The lowest BCUT2D eigenvalue weighted by atomic mass is 10.2. The normalized spacial score (nSPS) is 20.6. The smallest absolute Gasteiger partial charge is 0.164 e. The van der Waals surface area contributed by atoms with Gasteiger partial charge < -0.3 is 10.1 Å². The van der Waals surface area contributed by atoms with Gasteiger partial charge in [0.05, 0.1) is 23.7 Å². The lowest BCUT2D eigenvalue weighted by molar-refractivity contribution is 0.0983. The molecule has 1 aliphatic rings. The Morgan fingerprint density at radius 2 is 1.96 bits per heavy atom. The minimum atomic E-state index is 0.110. The van der Waals surface area contributed by atoms with Crippen LogP contribution in [0.1, 0.15) is 13.8 Å². The van der Waals surface area contributed by atoms with Gasteiger partial charge in [0.15, 0.2) is 11.5 Å². The Hall–Kier alpha value is -2.58. The third kappa shape index (κ3) is 3.38. The second-order valence-corrected chi connectivity index (χ2v) is 7.21. The molecule has 0 aromatic carbocycles. The van der Waals surface area contributed by atoms with Gasteiger partial charge in [-0.15, -0.1) is 0 Å². The molecule has 1 N–H and O–H groups in total. The first kappa shape index (κ1) is 17.8. The van der Waals surface area contributed by atoms with Crippen LogP contribution in [0.15, 0.2) is 30.7 Å². The van der Waals surface area contributed by atoms with Crippen molar-refractivity contribution in [1.29, 1.82) is 0 Å². The summed E-state index contributed by atoms with van der Waals surface area (Å²) in [6.07, 6.45) is 5.42. The van der Waals surface area contributed by atoms with Crippen molar-refractivity contribution < 1.29 is 4.74 Å². The van der Waals surface area contributed by atoms with Gasteiger partial charge in [0.2, 0.25) is 0 Å². The van der Waals surface area contributed by atoms with Crippen molar-refractivity contribution in [3.8, 4) is 11.4 Å². The van der Waals surface area contributed by atoms with Crippen LogP contribution in [-0.4, -0.2) is 68.0 Å². The number of nitrogens with one attached hydrogen (secondary N) is 1. The maximum atomic E-state index is 5.73. The average molecular weight is 367 g/mol. The number of aryl methyl sites for hydroxylation is 1. The predicted octanol–water partition coefficient (Wildman–Crippen LogP) is 1.94. The Bertz CT molecular complexity index is 924. The zero-order valence-electron chi connectivity index (χ0n) is 16.1. The van der Waals surface area contributed by atoms with Gasteiger partial charge in [0, 0.05) is 51.2 Å². The zero-order chi connectivity index (χ0) is 19.0. The molecule has 142 valence electrons. The number of ether oxygens (including phenoxy) is 1. The number of pyridine rings is 1. The number of aromatic nitrogens is 5. The average Bonchev–Trinajstić information content (AvgIpc) is 3.26. The minimum Gasteiger partial charge on any atom is -0.378 e. The van der Waals surface area contributed by atoms with E-state index in [2.05, 4.69) is 34.1 Å². The highest BCUT2D eigenvalue weighted by Crippen LogP contribution is 2.27. The van der Waals surface area contributed by atoms with Gasteiger partial charge in [0.1, 0.15) is 5.82 Å². The van der Waals surface area contributed by atoms with E-state index in [-0.39, 0.29) is 12.1 Å². The van der Waals surface area contributed by atoms with Crippen LogP contribution >= 0.6 is 0 Å². The molecule has 0 spiro atoms. The highest BCUT2D eigenvalue weighted by Gasteiger charge is 2.34. The van der Waals surface area contributed by atoms with Crippen molar-refractivity contribution in [2.75, 3.05) is 25.5 Å². The third-order valence-corrected chi connectivity index (χ3v) is 5.18. The summed E-state index contributed by atoms with van der Waals surface area (Å²) in [6.45, 7) is 6.23. The number of hydrogen-bond donors (Lipinski definition) is 1. The van der Waals surface area contributed by atoms with Crippen molar-refractivity contribution >= 4 is 16.9 Å². The summed E-state index contributed by atoms with van der Waals surface area (Å²) in [4.78, 5) is 16.0. The number of likely N-dealkylation sites (tertiary alicyclic amines) is 1. The number of nitrogens with zero attached hydrogens (tertiary/aromatic N) is 6. The number of anilines is 1. The highest BCUT2D eigenvalue weighted by molar-refractivity contribution is 5.88. The molecule has 0 bridgehead atoms. The monoisotopic (exact) mass is 367 g/mol. The van der Waals surface area contributed by atoms with E-state index >= 15 is 0 Å². The predicted molar refractivity (Wildman–Crippen MR) is 104 cm³/mol. The Labute approximate surface area is 158 Å². The Balaban J connectivity index is 1.72. The summed E-state index contributed by atoms with van der Waals surface area (Å²) in [5.74, 6) is 1.45. The SMILES string of the molecule is CO[C@H]1CN(C(C)C)C[C@@H]1Nc1nc(-c2ccncc2)nc2c1cnn2C. The molecule has 1 aliphatic heterocycles. The summed E-state index contributed by atoms with van der Waals surface area (Å²) in [7, 11) is 3.66. The fourth-order valence-corrected chi connectivity index (χ4v) is 3.54. The van der Waals surface area contributed by atoms with E-state index in [0.717, 1.165) is 35.5 Å². The molecule has 8 heteroatoms. The molecule has 0 unspecified atom stereocenters. The first-order chi connectivity index (χ1) is 13.1. The summed E-state index contributed by atoms with van der Waals surface area (Å²) >= 11 is 0. The lowest BCUT2D eigenvalue weighted by Crippen LogP contribution is -2.34. The molecule has 27 heavy (non-hydrogen) atoms. The number of fused-ring (bicyclic) bond motifs is 1. The molecule has 0 radical (unpaired) electrons. The molecule has 1 fully saturated rings. The summed E-state index contributed by atoms with van der Waals surface area (Å²) < 4.78 is 7.51. The van der Waals surface area contributed by atoms with Gasteiger partial charge in [-0.3, -0.25) is 14.6 Å². The fraction of sp³-hybridized carbons (Fsp3) is 0.474. The first-order valence-electron chi connectivity index (χ1n) is 9.20. The quantitative estimate of drug-likeness (QED) is 0.738. The van der Waals surface area contributed by atoms with Crippen molar-refractivity contribution in [1.82, 2.24) is 29.6 Å². The standard InChI is InChI=1S/C19H25N7O/c1-12(2)26-10-15(16(11-26)27-4)22-18-14-9-21-25(3)19(14)24-17(23-18)13-5-7-20-8-6-13/h5-9,12,15-16H,10-11H2,1-4H3,(H,22,23,24)/t15-,16-/m0/s1. The van der Waals surface area contributed by atoms with Crippen LogP contribution in [0.2, 0.25) is 0 Å². The molecule has 8 nitrogen and oxygen atoms in total. The van der Waals surface area contributed by atoms with E-state index < -0.39 is 0 Å². The number of hydrogen-bond acceptors (Lipinski definition) is 7. The third-order valence-electron chi connectivity index (χ3n) is 5.18. The molecule has 4 heterocycles. The largest absolute Gasteiger partial charge is 0.378 e. The summed E-state index contributed by atoms with van der Waals surface area (Å²) in [5.41, 5.74) is 1.72. The topological polar surface area (TPSA) is 81.0 Å². The minimum absolute atomic E-state index is 0.110. The summed E-state index contributed by atoms with van der Waals surface area (Å²) in [5, 5.41) is 8.89. The van der Waals surface area contributed by atoms with Gasteiger partial charge in [-0.05, 0) is 26.0 Å². The van der Waals surface area contributed by atoms with Crippen LogP contribution in [0, 0.1) is 0 Å². The molecule has 1 saturated heterocycles. The fourth-order valence-electron chi connectivity index (χ4n) is 3.54. The number of rotatable bonds is 5. The van der Waals surface area contributed by atoms with Crippen molar-refractivity contribution in [2.45, 2.75) is 32.0 Å². The first-order valence-corrected chi connectivity index (χ1v) is 9.20. The van der Waals surface area contributed by atoms with E-state index in [9.17, 15) is 0 Å². The van der Waals surface area contributed by atoms with Gasteiger partial charge in [-0.25, -0.2) is 9.97 Å². The van der Waals surface area contributed by atoms with Crippen LogP contribution < -0.4 is 5.32 Å². The molecule has 4 rings (SSSR count). The van der Waals surface area contributed by atoms with Crippen LogP contribution in [0.25, 0.3) is 22.4 Å². The van der Waals surface area contributed by atoms with Crippen LogP contribution in [-0.2, 0) is 11.8 Å². The molecular weight excluding hydrogens is 342 g/mol. The van der Waals surface area contributed by atoms with Crippen LogP contribution in [0.5, 0.6) is 0 Å². The molecule has 0 aliphatic carbocycles. The summed E-state index contributed by atoms with van der Waals surface area (Å²) in [6, 6.07) is 4.46. The van der Waals surface area contributed by atoms with Gasteiger partial charge in [-0.2, -0.15) is 5.10 Å². The van der Waals surface area contributed by atoms with Crippen LogP contribution in [0.4, 0.5) is 5.82 Å². The maximum Gasteiger partial charge on any atom is 0.164 e. The van der Waals surface area contributed by atoms with Crippen LogP contribution in [0.3, 0.4) is 0 Å². The zero-order valence-corrected chi connectivity index (χ0v) is 16.1. The molecule has 3 aromatic rings. The van der Waals surface area contributed by atoms with Gasteiger partial charge >= 0.3 is 0 Å². The Morgan fingerprint density at radius 1 is 1.19 bits per heavy atom. The number of methoxy groups -OCH3 is 1. The van der Waals surface area contributed by atoms with E-state index in [1.165, 1.54) is 0 Å².